The van der Waals surface area contributed by atoms with Crippen molar-refractivity contribution in [3.05, 3.63) is 64.1 Å². The molecule has 1 saturated heterocycles. The van der Waals surface area contributed by atoms with Crippen LogP contribution >= 0.6 is 23.2 Å². The molecule has 0 aromatic heterocycles. The molecule has 0 spiro atoms. The van der Waals surface area contributed by atoms with Gasteiger partial charge in [0.25, 0.3) is 17.5 Å². The van der Waals surface area contributed by atoms with Crippen molar-refractivity contribution >= 4 is 46.7 Å². The Morgan fingerprint density at radius 3 is 2.29 bits per heavy atom. The number of para-hydroxylation sites is 1. The lowest BCUT2D eigenvalue weighted by Gasteiger charge is -2.30. The van der Waals surface area contributed by atoms with Gasteiger partial charge in [0, 0.05) is 5.02 Å². The Balaban J connectivity index is 2.02. The predicted molar refractivity (Wildman–Crippen MR) is 95.2 cm³/mol. The molecular formula is C17H10Cl2F3N3O3. The summed E-state index contributed by atoms with van der Waals surface area (Å²) in [5, 5.41) is 3.06. The number of anilines is 1. The van der Waals surface area contributed by atoms with E-state index >= 15 is 0 Å². The van der Waals surface area contributed by atoms with E-state index in [4.69, 9.17) is 23.2 Å². The molecule has 28 heavy (non-hydrogen) atoms. The van der Waals surface area contributed by atoms with Gasteiger partial charge in [-0.1, -0.05) is 41.4 Å². The smallest absolute Gasteiger partial charge is 0.314 e. The third-order valence-electron chi connectivity index (χ3n) is 3.94. The molecule has 2 N–H and O–H groups in total. The van der Waals surface area contributed by atoms with Crippen LogP contribution in [-0.4, -0.2) is 29.7 Å². The van der Waals surface area contributed by atoms with Gasteiger partial charge in [-0.3, -0.25) is 14.9 Å². The summed E-state index contributed by atoms with van der Waals surface area (Å²) in [6.45, 7) is 0. The Labute approximate surface area is 166 Å². The molecule has 1 atom stereocenters. The highest BCUT2D eigenvalue weighted by Crippen LogP contribution is 2.36. The molecule has 1 fully saturated rings. The Hall–Kier alpha value is -2.78. The molecule has 2 aromatic carbocycles. The first-order valence-corrected chi connectivity index (χ1v) is 8.38. The first-order chi connectivity index (χ1) is 13.1. The van der Waals surface area contributed by atoms with Gasteiger partial charge in [0.15, 0.2) is 0 Å². The van der Waals surface area contributed by atoms with Crippen LogP contribution in [0.1, 0.15) is 10.4 Å². The average Bonchev–Trinajstić information content (AvgIpc) is 2.86. The van der Waals surface area contributed by atoms with Crippen LogP contribution in [0.5, 0.6) is 0 Å². The molecule has 0 bridgehead atoms. The molecule has 146 valence electrons. The zero-order chi connectivity index (χ0) is 20.7. The van der Waals surface area contributed by atoms with Crippen LogP contribution in [0.15, 0.2) is 48.5 Å². The third-order valence-corrected chi connectivity index (χ3v) is 4.49. The van der Waals surface area contributed by atoms with Gasteiger partial charge in [-0.15, -0.1) is 0 Å². The van der Waals surface area contributed by atoms with Crippen LogP contribution in [0.4, 0.5) is 23.7 Å². The molecule has 3 rings (SSSR count). The lowest BCUT2D eigenvalue weighted by Crippen LogP contribution is -2.69. The second-order valence-corrected chi connectivity index (χ2v) is 6.58. The Morgan fingerprint density at radius 1 is 1.07 bits per heavy atom. The summed E-state index contributed by atoms with van der Waals surface area (Å²) in [7, 11) is 0. The number of alkyl halides is 3. The van der Waals surface area contributed by atoms with Crippen molar-refractivity contribution in [2.24, 2.45) is 0 Å². The van der Waals surface area contributed by atoms with Crippen molar-refractivity contribution in [2.75, 3.05) is 4.90 Å². The molecule has 11 heteroatoms. The normalized spacial score (nSPS) is 19.5. The Kier molecular flexibility index (Phi) is 4.99. The second kappa shape index (κ2) is 6.99. The summed E-state index contributed by atoms with van der Waals surface area (Å²) in [5.74, 6) is -3.02. The van der Waals surface area contributed by atoms with Crippen LogP contribution in [0.25, 0.3) is 0 Å². The summed E-state index contributed by atoms with van der Waals surface area (Å²) in [6.07, 6.45) is -5.34. The van der Waals surface area contributed by atoms with Gasteiger partial charge in [0.2, 0.25) is 0 Å². The number of rotatable bonds is 3. The SMILES string of the molecule is O=C(NC1(C(F)(F)F)NC(=O)N(c2ccccc2)C1=O)c1ccc(Cl)cc1Cl. The zero-order valence-corrected chi connectivity index (χ0v) is 15.2. The van der Waals surface area contributed by atoms with Gasteiger partial charge in [-0.25, -0.2) is 9.69 Å². The summed E-state index contributed by atoms with van der Waals surface area (Å²) in [6, 6.07) is 9.16. The quantitative estimate of drug-likeness (QED) is 0.726. The van der Waals surface area contributed by atoms with Crippen LogP contribution < -0.4 is 15.5 Å². The van der Waals surface area contributed by atoms with Crippen molar-refractivity contribution in [1.29, 1.82) is 0 Å². The number of hydrogen-bond donors (Lipinski definition) is 2. The van der Waals surface area contributed by atoms with Crippen molar-refractivity contribution in [2.45, 2.75) is 11.8 Å². The van der Waals surface area contributed by atoms with Gasteiger partial charge < -0.3 is 5.32 Å². The molecule has 1 aliphatic heterocycles. The maximum absolute atomic E-state index is 13.8. The molecule has 0 radical (unpaired) electrons. The molecule has 1 aliphatic rings. The fourth-order valence-corrected chi connectivity index (χ4v) is 3.09. The van der Waals surface area contributed by atoms with E-state index in [0.29, 0.717) is 4.90 Å². The van der Waals surface area contributed by atoms with Gasteiger partial charge in [-0.05, 0) is 30.3 Å². The van der Waals surface area contributed by atoms with E-state index in [1.54, 1.807) is 16.7 Å². The molecule has 4 amide bonds. The number of hydrogen-bond acceptors (Lipinski definition) is 3. The number of carbonyl (C=O) groups is 3. The highest BCUT2D eigenvalue weighted by Gasteiger charge is 2.69. The number of nitrogens with one attached hydrogen (secondary N) is 2. The summed E-state index contributed by atoms with van der Waals surface area (Å²) < 4.78 is 41.5. The van der Waals surface area contributed by atoms with Crippen molar-refractivity contribution in [3.8, 4) is 0 Å². The Morgan fingerprint density at radius 2 is 1.71 bits per heavy atom. The largest absolute Gasteiger partial charge is 0.440 e. The Bertz CT molecular complexity index is 969. The third kappa shape index (κ3) is 3.27. The van der Waals surface area contributed by atoms with E-state index in [0.717, 1.165) is 12.1 Å². The van der Waals surface area contributed by atoms with Crippen LogP contribution in [0.2, 0.25) is 10.0 Å². The van der Waals surface area contributed by atoms with Crippen LogP contribution in [-0.2, 0) is 4.79 Å². The minimum absolute atomic E-state index is 0.0881. The van der Waals surface area contributed by atoms with Gasteiger partial charge in [0.05, 0.1) is 16.3 Å². The van der Waals surface area contributed by atoms with Gasteiger partial charge >= 0.3 is 12.2 Å². The van der Waals surface area contributed by atoms with E-state index in [2.05, 4.69) is 0 Å². The summed E-state index contributed by atoms with van der Waals surface area (Å²) >= 11 is 11.6. The molecule has 0 saturated carbocycles. The van der Waals surface area contributed by atoms with E-state index in [-0.39, 0.29) is 21.3 Å². The van der Waals surface area contributed by atoms with E-state index < -0.39 is 29.7 Å². The summed E-state index contributed by atoms with van der Waals surface area (Å²) in [4.78, 5) is 37.5. The lowest BCUT2D eigenvalue weighted by atomic mass is 10.1. The number of urea groups is 1. The maximum atomic E-state index is 13.8. The van der Waals surface area contributed by atoms with Crippen LogP contribution in [0, 0.1) is 0 Å². The maximum Gasteiger partial charge on any atom is 0.440 e. The number of halogens is 5. The minimum Gasteiger partial charge on any atom is -0.314 e. The molecule has 2 aromatic rings. The minimum atomic E-state index is -5.34. The first kappa shape index (κ1) is 20.0. The highest BCUT2D eigenvalue weighted by molar-refractivity contribution is 6.37. The number of amides is 4. The fraction of sp³-hybridized carbons (Fsp3) is 0.118. The van der Waals surface area contributed by atoms with Crippen molar-refractivity contribution in [1.82, 2.24) is 10.6 Å². The zero-order valence-electron chi connectivity index (χ0n) is 13.7. The average molecular weight is 432 g/mol. The van der Waals surface area contributed by atoms with Gasteiger partial charge in [-0.2, -0.15) is 13.2 Å². The predicted octanol–water partition coefficient (Wildman–Crippen LogP) is 3.74. The molecule has 1 heterocycles. The first-order valence-electron chi connectivity index (χ1n) is 7.63. The second-order valence-electron chi connectivity index (χ2n) is 5.73. The molecular weight excluding hydrogens is 422 g/mol. The number of carbonyl (C=O) groups excluding carboxylic acids is 3. The molecule has 0 aliphatic carbocycles. The van der Waals surface area contributed by atoms with E-state index in [1.807, 2.05) is 0 Å². The number of benzene rings is 2. The number of nitrogens with zero attached hydrogens (tertiary/aromatic N) is 1. The van der Waals surface area contributed by atoms with Crippen LogP contribution in [0.3, 0.4) is 0 Å². The molecule has 6 nitrogen and oxygen atoms in total. The topological polar surface area (TPSA) is 78.5 Å². The fourth-order valence-electron chi connectivity index (χ4n) is 2.60. The van der Waals surface area contributed by atoms with Crippen molar-refractivity contribution < 1.29 is 27.6 Å². The van der Waals surface area contributed by atoms with Gasteiger partial charge in [0.1, 0.15) is 0 Å². The highest BCUT2D eigenvalue weighted by atomic mass is 35.5. The standard InChI is InChI=1S/C17H10Cl2F3N3O3/c18-9-6-7-11(12(19)8-9)13(26)23-16(17(20,21)22)14(27)25(15(28)24-16)10-4-2-1-3-5-10/h1-8H,(H,23,26)(H,24,28). The summed E-state index contributed by atoms with van der Waals surface area (Å²) in [5.41, 5.74) is -4.09. The lowest BCUT2D eigenvalue weighted by molar-refractivity contribution is -0.197. The van der Waals surface area contributed by atoms with E-state index in [1.165, 1.54) is 30.3 Å². The van der Waals surface area contributed by atoms with Crippen molar-refractivity contribution in [3.63, 3.8) is 0 Å². The van der Waals surface area contributed by atoms with E-state index in [9.17, 15) is 27.6 Å². The number of imide groups is 1. The monoisotopic (exact) mass is 431 g/mol. The molecule has 1 unspecified atom stereocenters.